The number of anilines is 1. The first-order valence-electron chi connectivity index (χ1n) is 12.9. The van der Waals surface area contributed by atoms with Crippen molar-refractivity contribution in [2.24, 2.45) is 23.2 Å². The zero-order chi connectivity index (χ0) is 22.9. The van der Waals surface area contributed by atoms with E-state index in [9.17, 15) is 4.79 Å². The molecule has 1 aromatic carbocycles. The third kappa shape index (κ3) is 3.29. The Labute approximate surface area is 205 Å². The monoisotopic (exact) mass is 472 g/mol. The molecule has 0 atom stereocenters. The number of fused-ring (bicyclic) bond motifs is 1. The van der Waals surface area contributed by atoms with E-state index in [-0.39, 0.29) is 5.41 Å². The van der Waals surface area contributed by atoms with Crippen LogP contribution in [0.25, 0.3) is 21.3 Å². The summed E-state index contributed by atoms with van der Waals surface area (Å²) in [6, 6.07) is 8.71. The van der Waals surface area contributed by atoms with Crippen LogP contribution in [0.1, 0.15) is 44.1 Å². The summed E-state index contributed by atoms with van der Waals surface area (Å²) in [5, 5.41) is 3.36. The van der Waals surface area contributed by atoms with Crippen LogP contribution < -0.4 is 4.90 Å². The van der Waals surface area contributed by atoms with Gasteiger partial charge < -0.3 is 9.80 Å². The van der Waals surface area contributed by atoms with Gasteiger partial charge in [-0.1, -0.05) is 29.8 Å². The van der Waals surface area contributed by atoms with E-state index in [1.165, 1.54) is 36.0 Å². The molecule has 3 heterocycles. The normalized spacial score (nSPS) is 30.3. The van der Waals surface area contributed by atoms with Crippen molar-refractivity contribution in [3.8, 4) is 11.1 Å². The van der Waals surface area contributed by atoms with Crippen LogP contribution in [0, 0.1) is 30.1 Å². The zero-order valence-corrected chi connectivity index (χ0v) is 20.7. The number of piperazine rings is 1. The molecular formula is C28H32N4OS. The molecule has 176 valence electrons. The number of benzene rings is 1. The maximum Gasteiger partial charge on any atom is 0.228 e. The maximum atomic E-state index is 13.8. The standard InChI is InChI=1S/C28H32N4OS/c1-18-2-4-22(5-3-18)23-16-34-26-24(23)25(29-17-30-26)31-6-8-32(9-7-31)27(33)28-13-19-10-20(14-28)12-21(11-19)15-28/h2-5,16-17,19-21H,6-15H2,1H3. The van der Waals surface area contributed by atoms with Gasteiger partial charge in [-0.05, 0) is 68.8 Å². The number of thiophene rings is 1. The Morgan fingerprint density at radius 1 is 0.941 bits per heavy atom. The smallest absolute Gasteiger partial charge is 0.228 e. The number of amides is 1. The van der Waals surface area contributed by atoms with Crippen molar-refractivity contribution in [2.75, 3.05) is 31.1 Å². The van der Waals surface area contributed by atoms with Gasteiger partial charge in [0.2, 0.25) is 5.91 Å². The molecule has 6 heteroatoms. The summed E-state index contributed by atoms with van der Waals surface area (Å²) in [7, 11) is 0. The van der Waals surface area contributed by atoms with Gasteiger partial charge in [-0.25, -0.2) is 9.97 Å². The Balaban J connectivity index is 1.13. The maximum absolute atomic E-state index is 13.8. The molecule has 0 N–H and O–H groups in total. The lowest BCUT2D eigenvalue weighted by Crippen LogP contribution is -2.58. The molecule has 2 aromatic heterocycles. The van der Waals surface area contributed by atoms with E-state index in [1.807, 2.05) is 0 Å². The van der Waals surface area contributed by atoms with Crippen molar-refractivity contribution in [1.82, 2.24) is 14.9 Å². The quantitative estimate of drug-likeness (QED) is 0.503. The number of carbonyl (C=O) groups excluding carboxylic acids is 1. The summed E-state index contributed by atoms with van der Waals surface area (Å²) in [6.45, 7) is 5.40. The fourth-order valence-electron chi connectivity index (χ4n) is 7.87. The Bertz CT molecular complexity index is 1210. The number of rotatable bonds is 3. The molecule has 1 saturated heterocycles. The number of aryl methyl sites for hydroxylation is 1. The van der Waals surface area contributed by atoms with Crippen LogP contribution in [0.3, 0.4) is 0 Å². The molecule has 0 radical (unpaired) electrons. The molecule has 3 aromatic rings. The molecule has 1 amide bonds. The van der Waals surface area contributed by atoms with Crippen LogP contribution in [0.4, 0.5) is 5.82 Å². The van der Waals surface area contributed by atoms with Gasteiger partial charge in [-0.2, -0.15) is 0 Å². The molecular weight excluding hydrogens is 440 g/mol. The highest BCUT2D eigenvalue weighted by atomic mass is 32.1. The molecule has 0 spiro atoms. The second-order valence-corrected chi connectivity index (χ2v) is 12.2. The van der Waals surface area contributed by atoms with Gasteiger partial charge in [0.1, 0.15) is 17.0 Å². The van der Waals surface area contributed by atoms with E-state index in [0.717, 1.165) is 79.2 Å². The van der Waals surface area contributed by atoms with Gasteiger partial charge in [0.25, 0.3) is 0 Å². The number of aromatic nitrogens is 2. The minimum atomic E-state index is -0.0366. The summed E-state index contributed by atoms with van der Waals surface area (Å²) >= 11 is 1.69. The highest BCUT2D eigenvalue weighted by Gasteiger charge is 2.55. The molecule has 4 bridgehead atoms. The molecule has 8 rings (SSSR count). The minimum Gasteiger partial charge on any atom is -0.352 e. The van der Waals surface area contributed by atoms with Gasteiger partial charge >= 0.3 is 0 Å². The van der Waals surface area contributed by atoms with E-state index in [2.05, 4.69) is 51.4 Å². The third-order valence-corrected chi connectivity index (χ3v) is 9.96. The lowest BCUT2D eigenvalue weighted by Gasteiger charge is -2.57. The summed E-state index contributed by atoms with van der Waals surface area (Å²) in [6.07, 6.45) is 9.30. The minimum absolute atomic E-state index is 0.0366. The number of hydrogen-bond donors (Lipinski definition) is 0. The van der Waals surface area contributed by atoms with E-state index in [4.69, 9.17) is 4.98 Å². The molecule has 34 heavy (non-hydrogen) atoms. The second-order valence-electron chi connectivity index (χ2n) is 11.4. The highest BCUT2D eigenvalue weighted by Crippen LogP contribution is 2.60. The van der Waals surface area contributed by atoms with E-state index in [0.29, 0.717) is 5.91 Å². The Morgan fingerprint density at radius 3 is 2.24 bits per heavy atom. The molecule has 0 unspecified atom stereocenters. The first-order valence-corrected chi connectivity index (χ1v) is 13.8. The van der Waals surface area contributed by atoms with Gasteiger partial charge in [-0.15, -0.1) is 11.3 Å². The van der Waals surface area contributed by atoms with Gasteiger partial charge in [0.05, 0.1) is 10.8 Å². The lowest BCUT2D eigenvalue weighted by atomic mass is 9.49. The molecule has 5 nitrogen and oxygen atoms in total. The predicted octanol–water partition coefficient (Wildman–Crippen LogP) is 5.53. The molecule has 1 aliphatic heterocycles. The van der Waals surface area contributed by atoms with Crippen LogP contribution in [-0.4, -0.2) is 47.0 Å². The SMILES string of the molecule is Cc1ccc(-c2csc3ncnc(N4CCN(C(=O)C56CC7CC(CC(C7)C5)C6)CC4)c23)cc1. The predicted molar refractivity (Wildman–Crippen MR) is 137 cm³/mol. The second kappa shape index (κ2) is 7.77. The zero-order valence-electron chi connectivity index (χ0n) is 19.9. The van der Waals surface area contributed by atoms with Gasteiger partial charge in [0, 0.05) is 37.1 Å². The van der Waals surface area contributed by atoms with E-state index >= 15 is 0 Å². The molecule has 5 aliphatic rings. The van der Waals surface area contributed by atoms with Crippen LogP contribution in [0.15, 0.2) is 36.0 Å². The number of nitrogens with zero attached hydrogens (tertiary/aromatic N) is 4. The lowest BCUT2D eigenvalue weighted by molar-refractivity contribution is -0.158. The molecule has 4 aliphatic carbocycles. The van der Waals surface area contributed by atoms with Gasteiger partial charge in [0.15, 0.2) is 0 Å². The summed E-state index contributed by atoms with van der Waals surface area (Å²) in [5.41, 5.74) is 3.65. The average Bonchev–Trinajstić information content (AvgIpc) is 3.28. The fraction of sp³-hybridized carbons (Fsp3) is 0.536. The van der Waals surface area contributed by atoms with E-state index < -0.39 is 0 Å². The molecule has 5 fully saturated rings. The van der Waals surface area contributed by atoms with Crippen molar-refractivity contribution in [1.29, 1.82) is 0 Å². The Kier molecular flexibility index (Phi) is 4.77. The third-order valence-electron chi connectivity index (χ3n) is 9.07. The Hall–Kier alpha value is -2.47. The van der Waals surface area contributed by atoms with Crippen molar-refractivity contribution in [3.05, 3.63) is 41.5 Å². The summed E-state index contributed by atoms with van der Waals surface area (Å²) in [5.74, 6) is 3.91. The summed E-state index contributed by atoms with van der Waals surface area (Å²) in [4.78, 5) is 28.7. The largest absolute Gasteiger partial charge is 0.352 e. The van der Waals surface area contributed by atoms with Gasteiger partial charge in [-0.3, -0.25) is 4.79 Å². The first-order chi connectivity index (χ1) is 16.6. The van der Waals surface area contributed by atoms with Crippen molar-refractivity contribution in [2.45, 2.75) is 45.4 Å². The van der Waals surface area contributed by atoms with Crippen LogP contribution in [0.5, 0.6) is 0 Å². The van der Waals surface area contributed by atoms with Crippen molar-refractivity contribution < 1.29 is 4.79 Å². The van der Waals surface area contributed by atoms with E-state index in [1.54, 1.807) is 17.7 Å². The average molecular weight is 473 g/mol. The highest BCUT2D eigenvalue weighted by molar-refractivity contribution is 7.17. The van der Waals surface area contributed by atoms with Crippen LogP contribution in [0.2, 0.25) is 0 Å². The Morgan fingerprint density at radius 2 is 1.59 bits per heavy atom. The summed E-state index contributed by atoms with van der Waals surface area (Å²) < 4.78 is 0. The number of carbonyl (C=O) groups is 1. The first kappa shape index (κ1) is 20.9. The molecule has 4 saturated carbocycles. The topological polar surface area (TPSA) is 49.3 Å². The van der Waals surface area contributed by atoms with Crippen molar-refractivity contribution in [3.63, 3.8) is 0 Å². The van der Waals surface area contributed by atoms with Crippen molar-refractivity contribution >= 4 is 33.3 Å². The van der Waals surface area contributed by atoms with Crippen LogP contribution in [-0.2, 0) is 4.79 Å². The van der Waals surface area contributed by atoms with Crippen LogP contribution >= 0.6 is 11.3 Å². The number of hydrogen-bond acceptors (Lipinski definition) is 5. The fourth-order valence-corrected chi connectivity index (χ4v) is 8.78.